The van der Waals surface area contributed by atoms with Gasteiger partial charge >= 0.3 is 0 Å². The lowest BCUT2D eigenvalue weighted by molar-refractivity contribution is 0.0152. The van der Waals surface area contributed by atoms with E-state index in [2.05, 4.69) is 12.2 Å². The van der Waals surface area contributed by atoms with Crippen molar-refractivity contribution in [2.24, 2.45) is 0 Å². The van der Waals surface area contributed by atoms with Crippen LogP contribution in [0.2, 0.25) is 0 Å². The Hall–Kier alpha value is -0.120. The molecule has 1 N–H and O–H groups in total. The van der Waals surface area contributed by atoms with E-state index in [1.807, 2.05) is 6.92 Å². The van der Waals surface area contributed by atoms with Crippen molar-refractivity contribution in [2.75, 3.05) is 26.4 Å². The minimum atomic E-state index is 0.408. The minimum absolute atomic E-state index is 0.408. The van der Waals surface area contributed by atoms with Gasteiger partial charge in [-0.1, -0.05) is 6.92 Å². The van der Waals surface area contributed by atoms with Crippen molar-refractivity contribution in [2.45, 2.75) is 38.8 Å². The van der Waals surface area contributed by atoms with Crippen LogP contribution in [-0.4, -0.2) is 38.5 Å². The molecule has 1 rings (SSSR count). The SMILES string of the molecule is CCOCCO[C@@H]1CN[C@H](CC)C1. The highest BCUT2D eigenvalue weighted by atomic mass is 16.5. The molecule has 78 valence electrons. The van der Waals surface area contributed by atoms with Gasteiger partial charge in [0.2, 0.25) is 0 Å². The third-order valence-corrected chi connectivity index (χ3v) is 2.46. The zero-order valence-corrected chi connectivity index (χ0v) is 8.71. The van der Waals surface area contributed by atoms with Gasteiger partial charge in [-0.3, -0.25) is 0 Å². The second kappa shape index (κ2) is 6.35. The summed E-state index contributed by atoms with van der Waals surface area (Å²) in [6, 6.07) is 0.664. The number of ether oxygens (including phenoxy) is 2. The third kappa shape index (κ3) is 4.07. The van der Waals surface area contributed by atoms with Crippen LogP contribution in [0, 0.1) is 0 Å². The molecule has 0 bridgehead atoms. The molecule has 2 atom stereocenters. The molecule has 0 aromatic rings. The fraction of sp³-hybridized carbons (Fsp3) is 1.00. The zero-order chi connectivity index (χ0) is 9.52. The first-order valence-electron chi connectivity index (χ1n) is 5.29. The second-order valence-electron chi connectivity index (χ2n) is 3.44. The summed E-state index contributed by atoms with van der Waals surface area (Å²) in [6.45, 7) is 7.46. The van der Waals surface area contributed by atoms with Crippen LogP contribution in [0.3, 0.4) is 0 Å². The van der Waals surface area contributed by atoms with E-state index in [9.17, 15) is 0 Å². The summed E-state index contributed by atoms with van der Waals surface area (Å²) in [7, 11) is 0. The van der Waals surface area contributed by atoms with Crippen molar-refractivity contribution >= 4 is 0 Å². The molecule has 3 heteroatoms. The summed E-state index contributed by atoms with van der Waals surface area (Å²) < 4.78 is 10.9. The fourth-order valence-corrected chi connectivity index (χ4v) is 1.64. The maximum Gasteiger partial charge on any atom is 0.0715 e. The van der Waals surface area contributed by atoms with Crippen molar-refractivity contribution in [1.29, 1.82) is 0 Å². The van der Waals surface area contributed by atoms with Crippen molar-refractivity contribution in [1.82, 2.24) is 5.32 Å². The largest absolute Gasteiger partial charge is 0.379 e. The molecular weight excluding hydrogens is 166 g/mol. The summed E-state index contributed by atoms with van der Waals surface area (Å²) >= 11 is 0. The average molecular weight is 187 g/mol. The van der Waals surface area contributed by atoms with E-state index in [4.69, 9.17) is 9.47 Å². The van der Waals surface area contributed by atoms with Gasteiger partial charge in [0.15, 0.2) is 0 Å². The Bertz CT molecular complexity index is 130. The van der Waals surface area contributed by atoms with Crippen LogP contribution >= 0.6 is 0 Å². The Kier molecular flexibility index (Phi) is 5.35. The molecular formula is C10H21NO2. The van der Waals surface area contributed by atoms with E-state index < -0.39 is 0 Å². The molecule has 1 aliphatic heterocycles. The van der Waals surface area contributed by atoms with Crippen LogP contribution in [0.15, 0.2) is 0 Å². The van der Waals surface area contributed by atoms with Crippen molar-refractivity contribution in [3.05, 3.63) is 0 Å². The van der Waals surface area contributed by atoms with E-state index in [-0.39, 0.29) is 0 Å². The Morgan fingerprint density at radius 3 is 2.77 bits per heavy atom. The van der Waals surface area contributed by atoms with Gasteiger partial charge in [-0.05, 0) is 19.8 Å². The van der Waals surface area contributed by atoms with Gasteiger partial charge in [0.1, 0.15) is 0 Å². The predicted molar refractivity (Wildman–Crippen MR) is 52.9 cm³/mol. The molecule has 1 heterocycles. The number of nitrogens with one attached hydrogen (secondary N) is 1. The molecule has 0 amide bonds. The maximum atomic E-state index is 5.65. The molecule has 1 saturated heterocycles. The quantitative estimate of drug-likeness (QED) is 0.633. The van der Waals surface area contributed by atoms with Gasteiger partial charge < -0.3 is 14.8 Å². The standard InChI is InChI=1S/C10H21NO2/c1-3-9-7-10(8-11-9)13-6-5-12-4-2/h9-11H,3-8H2,1-2H3/t9-,10+/m1/s1. The first-order valence-corrected chi connectivity index (χ1v) is 5.29. The van der Waals surface area contributed by atoms with Crippen LogP contribution in [0.4, 0.5) is 0 Å². The summed E-state index contributed by atoms with van der Waals surface area (Å²) in [5.41, 5.74) is 0. The second-order valence-corrected chi connectivity index (χ2v) is 3.44. The first-order chi connectivity index (χ1) is 6.36. The molecule has 0 aromatic carbocycles. The molecule has 13 heavy (non-hydrogen) atoms. The molecule has 1 aliphatic rings. The number of rotatable bonds is 6. The Balaban J connectivity index is 1.97. The molecule has 0 unspecified atom stereocenters. The van der Waals surface area contributed by atoms with E-state index in [1.54, 1.807) is 0 Å². The summed E-state index contributed by atoms with van der Waals surface area (Å²) in [5.74, 6) is 0. The maximum absolute atomic E-state index is 5.65. The Labute approximate surface area is 80.8 Å². The normalized spacial score (nSPS) is 28.2. The van der Waals surface area contributed by atoms with Crippen molar-refractivity contribution in [3.63, 3.8) is 0 Å². The lowest BCUT2D eigenvalue weighted by Crippen LogP contribution is -2.21. The summed E-state index contributed by atoms with van der Waals surface area (Å²) in [5, 5.41) is 3.43. The van der Waals surface area contributed by atoms with Crippen molar-refractivity contribution < 1.29 is 9.47 Å². The zero-order valence-electron chi connectivity index (χ0n) is 8.71. The molecule has 0 spiro atoms. The average Bonchev–Trinajstić information content (AvgIpc) is 2.60. The van der Waals surface area contributed by atoms with Crippen LogP contribution < -0.4 is 5.32 Å². The number of hydrogen-bond donors (Lipinski definition) is 1. The molecule has 0 radical (unpaired) electrons. The van der Waals surface area contributed by atoms with Gasteiger partial charge in [0.05, 0.1) is 19.3 Å². The summed E-state index contributed by atoms with van der Waals surface area (Å²) in [6.07, 6.45) is 2.76. The van der Waals surface area contributed by atoms with E-state index >= 15 is 0 Å². The lowest BCUT2D eigenvalue weighted by atomic mass is 10.1. The predicted octanol–water partition coefficient (Wildman–Crippen LogP) is 1.18. The van der Waals surface area contributed by atoms with E-state index in [0.29, 0.717) is 12.1 Å². The molecule has 0 aromatic heterocycles. The topological polar surface area (TPSA) is 30.5 Å². The van der Waals surface area contributed by atoms with E-state index in [1.165, 1.54) is 6.42 Å². The lowest BCUT2D eigenvalue weighted by Gasteiger charge is -2.10. The van der Waals surface area contributed by atoms with Crippen LogP contribution in [-0.2, 0) is 9.47 Å². The Morgan fingerprint density at radius 1 is 1.31 bits per heavy atom. The van der Waals surface area contributed by atoms with Gasteiger partial charge in [0.25, 0.3) is 0 Å². The van der Waals surface area contributed by atoms with Crippen LogP contribution in [0.25, 0.3) is 0 Å². The van der Waals surface area contributed by atoms with Gasteiger partial charge in [0, 0.05) is 19.2 Å². The highest BCUT2D eigenvalue weighted by Crippen LogP contribution is 2.12. The molecule has 0 aliphatic carbocycles. The first kappa shape index (κ1) is 11.0. The van der Waals surface area contributed by atoms with Crippen LogP contribution in [0.5, 0.6) is 0 Å². The fourth-order valence-electron chi connectivity index (χ4n) is 1.64. The highest BCUT2D eigenvalue weighted by Gasteiger charge is 2.22. The molecule has 1 fully saturated rings. The monoisotopic (exact) mass is 187 g/mol. The van der Waals surface area contributed by atoms with Crippen molar-refractivity contribution in [3.8, 4) is 0 Å². The third-order valence-electron chi connectivity index (χ3n) is 2.46. The van der Waals surface area contributed by atoms with Gasteiger partial charge in [-0.25, -0.2) is 0 Å². The molecule has 0 saturated carbocycles. The van der Waals surface area contributed by atoms with E-state index in [0.717, 1.165) is 32.8 Å². The van der Waals surface area contributed by atoms with Gasteiger partial charge in [-0.2, -0.15) is 0 Å². The van der Waals surface area contributed by atoms with Crippen LogP contribution in [0.1, 0.15) is 26.7 Å². The smallest absolute Gasteiger partial charge is 0.0715 e. The molecule has 3 nitrogen and oxygen atoms in total. The Morgan fingerprint density at radius 2 is 2.15 bits per heavy atom. The minimum Gasteiger partial charge on any atom is -0.379 e. The highest BCUT2D eigenvalue weighted by molar-refractivity contribution is 4.80. The van der Waals surface area contributed by atoms with Gasteiger partial charge in [-0.15, -0.1) is 0 Å². The number of hydrogen-bond acceptors (Lipinski definition) is 3. The summed E-state index contributed by atoms with van der Waals surface area (Å²) in [4.78, 5) is 0.